The first-order chi connectivity index (χ1) is 9.76. The van der Waals surface area contributed by atoms with Gasteiger partial charge in [-0.2, -0.15) is 0 Å². The Morgan fingerprint density at radius 3 is 3.15 bits per heavy atom. The molecule has 1 aromatic heterocycles. The summed E-state index contributed by atoms with van der Waals surface area (Å²) in [5.41, 5.74) is 0. The zero-order valence-corrected chi connectivity index (χ0v) is 12.3. The molecule has 0 spiro atoms. The zero-order valence-electron chi connectivity index (χ0n) is 12.3. The van der Waals surface area contributed by atoms with Crippen molar-refractivity contribution in [2.24, 2.45) is 0 Å². The highest BCUT2D eigenvalue weighted by molar-refractivity contribution is 5.74. The standard InChI is InChI=1S/C14H24N4O2/c1-3-5-7-16-14(19)17-11-6-10-20-12(11)13-15-8-9-18(13)4-2/h8-9,11-12H,3-7,10H2,1-2H3,(H2,16,17,19)/t11-,12-/m1/s1. The van der Waals surface area contributed by atoms with Crippen molar-refractivity contribution in [1.82, 2.24) is 20.2 Å². The van der Waals surface area contributed by atoms with Crippen molar-refractivity contribution in [2.75, 3.05) is 13.2 Å². The van der Waals surface area contributed by atoms with Crippen LogP contribution in [-0.4, -0.2) is 34.8 Å². The van der Waals surface area contributed by atoms with Crippen LogP contribution in [-0.2, 0) is 11.3 Å². The van der Waals surface area contributed by atoms with E-state index in [1.165, 1.54) is 0 Å². The molecule has 1 fully saturated rings. The van der Waals surface area contributed by atoms with Gasteiger partial charge in [-0.05, 0) is 19.8 Å². The third kappa shape index (κ3) is 3.50. The van der Waals surface area contributed by atoms with Gasteiger partial charge in [-0.3, -0.25) is 0 Å². The van der Waals surface area contributed by atoms with E-state index in [-0.39, 0.29) is 18.2 Å². The molecule has 1 aliphatic rings. The monoisotopic (exact) mass is 280 g/mol. The molecular formula is C14H24N4O2. The van der Waals surface area contributed by atoms with Crippen LogP contribution in [0.5, 0.6) is 0 Å². The third-order valence-corrected chi connectivity index (χ3v) is 3.57. The van der Waals surface area contributed by atoms with Gasteiger partial charge >= 0.3 is 6.03 Å². The van der Waals surface area contributed by atoms with Crippen LogP contribution in [0, 0.1) is 0 Å². The van der Waals surface area contributed by atoms with Crippen molar-refractivity contribution in [3.63, 3.8) is 0 Å². The summed E-state index contributed by atoms with van der Waals surface area (Å²) in [4.78, 5) is 16.2. The maximum Gasteiger partial charge on any atom is 0.315 e. The fourth-order valence-corrected chi connectivity index (χ4v) is 2.43. The molecule has 0 bridgehead atoms. The maximum absolute atomic E-state index is 11.8. The fourth-order valence-electron chi connectivity index (χ4n) is 2.43. The van der Waals surface area contributed by atoms with Crippen LogP contribution in [0.4, 0.5) is 4.79 Å². The number of ether oxygens (including phenoxy) is 1. The summed E-state index contributed by atoms with van der Waals surface area (Å²) in [6.45, 7) is 6.39. The highest BCUT2D eigenvalue weighted by atomic mass is 16.5. The summed E-state index contributed by atoms with van der Waals surface area (Å²) in [6.07, 6.45) is 6.46. The molecule has 1 aliphatic heterocycles. The van der Waals surface area contributed by atoms with Crippen LogP contribution < -0.4 is 10.6 Å². The summed E-state index contributed by atoms with van der Waals surface area (Å²) in [7, 11) is 0. The molecular weight excluding hydrogens is 256 g/mol. The van der Waals surface area contributed by atoms with Gasteiger partial charge < -0.3 is 19.9 Å². The SMILES string of the molecule is CCCCNC(=O)N[C@@H]1CCO[C@H]1c1nccn1CC. The first-order valence-electron chi connectivity index (χ1n) is 7.43. The van der Waals surface area contributed by atoms with Crippen molar-refractivity contribution >= 4 is 6.03 Å². The van der Waals surface area contributed by atoms with Gasteiger partial charge in [-0.25, -0.2) is 9.78 Å². The van der Waals surface area contributed by atoms with Gasteiger partial charge in [0.1, 0.15) is 11.9 Å². The number of carbonyl (C=O) groups is 1. The Labute approximate surface area is 119 Å². The number of hydrogen-bond donors (Lipinski definition) is 2. The van der Waals surface area contributed by atoms with E-state index < -0.39 is 0 Å². The summed E-state index contributed by atoms with van der Waals surface area (Å²) in [5.74, 6) is 0.892. The van der Waals surface area contributed by atoms with Gasteiger partial charge in [-0.15, -0.1) is 0 Å². The number of nitrogens with zero attached hydrogens (tertiary/aromatic N) is 2. The highest BCUT2D eigenvalue weighted by Gasteiger charge is 2.33. The van der Waals surface area contributed by atoms with E-state index in [0.717, 1.165) is 31.6 Å². The van der Waals surface area contributed by atoms with Crippen LogP contribution >= 0.6 is 0 Å². The number of carbonyl (C=O) groups excluding carboxylic acids is 1. The van der Waals surface area contributed by atoms with Gasteiger partial charge in [0.05, 0.1) is 6.04 Å². The number of rotatable bonds is 6. The van der Waals surface area contributed by atoms with Crippen LogP contribution in [0.2, 0.25) is 0 Å². The molecule has 2 N–H and O–H groups in total. The number of aromatic nitrogens is 2. The lowest BCUT2D eigenvalue weighted by Crippen LogP contribution is -2.44. The lowest BCUT2D eigenvalue weighted by atomic mass is 10.1. The Balaban J connectivity index is 1.92. The molecule has 0 aliphatic carbocycles. The van der Waals surface area contributed by atoms with E-state index in [9.17, 15) is 4.79 Å². The summed E-state index contributed by atoms with van der Waals surface area (Å²) >= 11 is 0. The van der Waals surface area contributed by atoms with Crippen LogP contribution in [0.25, 0.3) is 0 Å². The normalized spacial score (nSPS) is 21.9. The van der Waals surface area contributed by atoms with E-state index in [4.69, 9.17) is 4.74 Å². The molecule has 1 saturated heterocycles. The van der Waals surface area contributed by atoms with E-state index in [0.29, 0.717) is 13.2 Å². The second-order valence-corrected chi connectivity index (χ2v) is 5.01. The average molecular weight is 280 g/mol. The Bertz CT molecular complexity index is 433. The number of urea groups is 1. The number of amides is 2. The van der Waals surface area contributed by atoms with Crippen LogP contribution in [0.1, 0.15) is 45.0 Å². The predicted octanol–water partition coefficient (Wildman–Crippen LogP) is 1.83. The number of nitrogens with one attached hydrogen (secondary N) is 2. The number of unbranched alkanes of at least 4 members (excludes halogenated alkanes) is 1. The zero-order chi connectivity index (χ0) is 14.4. The van der Waals surface area contributed by atoms with Gasteiger partial charge in [-0.1, -0.05) is 13.3 Å². The molecule has 6 nitrogen and oxygen atoms in total. The maximum atomic E-state index is 11.8. The quantitative estimate of drug-likeness (QED) is 0.781. The lowest BCUT2D eigenvalue weighted by Gasteiger charge is -2.20. The first kappa shape index (κ1) is 14.8. The second-order valence-electron chi connectivity index (χ2n) is 5.01. The minimum absolute atomic E-state index is 0.00988. The molecule has 0 radical (unpaired) electrons. The van der Waals surface area contributed by atoms with E-state index in [1.807, 2.05) is 6.20 Å². The van der Waals surface area contributed by atoms with Crippen LogP contribution in [0.15, 0.2) is 12.4 Å². The summed E-state index contributed by atoms with van der Waals surface area (Å²) < 4.78 is 7.81. The van der Waals surface area contributed by atoms with E-state index in [2.05, 4.69) is 34.0 Å². The van der Waals surface area contributed by atoms with Crippen molar-refractivity contribution in [1.29, 1.82) is 0 Å². The van der Waals surface area contributed by atoms with Crippen molar-refractivity contribution in [2.45, 2.75) is 51.8 Å². The molecule has 6 heteroatoms. The number of hydrogen-bond acceptors (Lipinski definition) is 3. The summed E-state index contributed by atoms with van der Waals surface area (Å²) in [6, 6.07) is -0.127. The fraction of sp³-hybridized carbons (Fsp3) is 0.714. The molecule has 2 heterocycles. The molecule has 2 amide bonds. The van der Waals surface area contributed by atoms with E-state index >= 15 is 0 Å². The minimum atomic E-state index is -0.151. The Hall–Kier alpha value is -1.56. The lowest BCUT2D eigenvalue weighted by molar-refractivity contribution is 0.0901. The van der Waals surface area contributed by atoms with Crippen molar-refractivity contribution in [3.8, 4) is 0 Å². The largest absolute Gasteiger partial charge is 0.368 e. The molecule has 1 aromatic rings. The third-order valence-electron chi connectivity index (χ3n) is 3.57. The first-order valence-corrected chi connectivity index (χ1v) is 7.43. The molecule has 20 heavy (non-hydrogen) atoms. The van der Waals surface area contributed by atoms with Crippen molar-refractivity contribution in [3.05, 3.63) is 18.2 Å². The molecule has 2 atom stereocenters. The van der Waals surface area contributed by atoms with Gasteiger partial charge in [0.15, 0.2) is 0 Å². The average Bonchev–Trinajstić information content (AvgIpc) is 3.06. The molecule has 0 unspecified atom stereocenters. The van der Waals surface area contributed by atoms with E-state index in [1.54, 1.807) is 6.20 Å². The van der Waals surface area contributed by atoms with Crippen LogP contribution in [0.3, 0.4) is 0 Å². The molecule has 2 rings (SSSR count). The minimum Gasteiger partial charge on any atom is -0.368 e. The summed E-state index contributed by atoms with van der Waals surface area (Å²) in [5, 5.41) is 5.87. The second kappa shape index (κ2) is 7.28. The highest BCUT2D eigenvalue weighted by Crippen LogP contribution is 2.28. The number of aryl methyl sites for hydroxylation is 1. The Morgan fingerprint density at radius 1 is 1.55 bits per heavy atom. The molecule has 0 aromatic carbocycles. The Kier molecular flexibility index (Phi) is 5.40. The Morgan fingerprint density at radius 2 is 2.40 bits per heavy atom. The topological polar surface area (TPSA) is 68.2 Å². The number of imidazole rings is 1. The van der Waals surface area contributed by atoms with Crippen molar-refractivity contribution < 1.29 is 9.53 Å². The predicted molar refractivity (Wildman–Crippen MR) is 76.4 cm³/mol. The smallest absolute Gasteiger partial charge is 0.315 e. The van der Waals surface area contributed by atoms with Gasteiger partial charge in [0.2, 0.25) is 0 Å². The van der Waals surface area contributed by atoms with Gasteiger partial charge in [0, 0.05) is 32.1 Å². The van der Waals surface area contributed by atoms with Gasteiger partial charge in [0.25, 0.3) is 0 Å². The molecule has 112 valence electrons. The molecule has 0 saturated carbocycles.